The van der Waals surface area contributed by atoms with E-state index in [0.29, 0.717) is 11.8 Å². The Bertz CT molecular complexity index is 377. The van der Waals surface area contributed by atoms with E-state index in [1.165, 1.54) is 5.56 Å². The van der Waals surface area contributed by atoms with Crippen molar-refractivity contribution in [3.05, 3.63) is 23.8 Å². The van der Waals surface area contributed by atoms with Crippen molar-refractivity contribution in [2.45, 2.75) is 32.6 Å². The molecule has 2 unspecified atom stereocenters. The van der Waals surface area contributed by atoms with Crippen LogP contribution in [0.1, 0.15) is 26.3 Å². The predicted molar refractivity (Wildman–Crippen MR) is 76.9 cm³/mol. The summed E-state index contributed by atoms with van der Waals surface area (Å²) >= 11 is 6.39. The Morgan fingerprint density at radius 2 is 1.67 bits per heavy atom. The molecule has 18 heavy (non-hydrogen) atoms. The molecular weight excluding hydrogens is 248 g/mol. The molecule has 0 bridgehead atoms. The standard InChI is InChI=1S/C15H23ClO2/c1-10(2)15(16)11(3)8-12-6-7-13(17-4)14(9-12)18-5/h6-7,9-11,15H,8H2,1-5H3. The van der Waals surface area contributed by atoms with Crippen LogP contribution in [0.2, 0.25) is 0 Å². The van der Waals surface area contributed by atoms with E-state index in [0.717, 1.165) is 17.9 Å². The fourth-order valence-corrected chi connectivity index (χ4v) is 2.24. The molecule has 2 atom stereocenters. The molecular formula is C15H23ClO2. The lowest BCUT2D eigenvalue weighted by Gasteiger charge is -2.21. The Morgan fingerprint density at radius 1 is 1.06 bits per heavy atom. The molecule has 0 saturated heterocycles. The van der Waals surface area contributed by atoms with Gasteiger partial charge in [-0.05, 0) is 36.0 Å². The minimum Gasteiger partial charge on any atom is -0.493 e. The van der Waals surface area contributed by atoms with Gasteiger partial charge in [0.05, 0.1) is 14.2 Å². The smallest absolute Gasteiger partial charge is 0.160 e. The highest BCUT2D eigenvalue weighted by atomic mass is 35.5. The summed E-state index contributed by atoms with van der Waals surface area (Å²) in [6.07, 6.45) is 0.951. The van der Waals surface area contributed by atoms with Crippen molar-refractivity contribution in [3.8, 4) is 11.5 Å². The first kappa shape index (κ1) is 15.2. The molecule has 0 aliphatic heterocycles. The van der Waals surface area contributed by atoms with Gasteiger partial charge < -0.3 is 9.47 Å². The maximum Gasteiger partial charge on any atom is 0.160 e. The highest BCUT2D eigenvalue weighted by Crippen LogP contribution is 2.30. The second-order valence-electron chi connectivity index (χ2n) is 5.06. The summed E-state index contributed by atoms with van der Waals surface area (Å²) in [6.45, 7) is 6.50. The van der Waals surface area contributed by atoms with Crippen LogP contribution >= 0.6 is 11.6 Å². The lowest BCUT2D eigenvalue weighted by atomic mass is 9.92. The molecule has 0 saturated carbocycles. The van der Waals surface area contributed by atoms with Gasteiger partial charge in [0.25, 0.3) is 0 Å². The number of hydrogen-bond donors (Lipinski definition) is 0. The molecule has 0 spiro atoms. The van der Waals surface area contributed by atoms with Crippen LogP contribution in [0.4, 0.5) is 0 Å². The zero-order valence-corrected chi connectivity index (χ0v) is 12.6. The van der Waals surface area contributed by atoms with Gasteiger partial charge in [-0.1, -0.05) is 26.8 Å². The number of halogens is 1. The Morgan fingerprint density at radius 3 is 2.17 bits per heavy atom. The molecule has 0 aliphatic rings. The van der Waals surface area contributed by atoms with Gasteiger partial charge in [-0.2, -0.15) is 0 Å². The first-order valence-corrected chi connectivity index (χ1v) is 6.78. The number of rotatable bonds is 6. The molecule has 0 aromatic heterocycles. The third-order valence-corrected chi connectivity index (χ3v) is 4.12. The fraction of sp³-hybridized carbons (Fsp3) is 0.600. The predicted octanol–water partition coefficient (Wildman–Crippen LogP) is 4.15. The zero-order chi connectivity index (χ0) is 13.7. The molecule has 0 N–H and O–H groups in total. The van der Waals surface area contributed by atoms with E-state index in [4.69, 9.17) is 21.1 Å². The molecule has 3 heteroatoms. The summed E-state index contributed by atoms with van der Waals surface area (Å²) in [5, 5.41) is 0.193. The number of alkyl halides is 1. The van der Waals surface area contributed by atoms with E-state index in [1.54, 1.807) is 14.2 Å². The Hall–Kier alpha value is -0.890. The van der Waals surface area contributed by atoms with Crippen LogP contribution < -0.4 is 9.47 Å². The summed E-state index contributed by atoms with van der Waals surface area (Å²) < 4.78 is 10.5. The molecule has 0 amide bonds. The van der Waals surface area contributed by atoms with Crippen LogP contribution in [0.15, 0.2) is 18.2 Å². The first-order chi connectivity index (χ1) is 8.49. The fourth-order valence-electron chi connectivity index (χ4n) is 2.15. The summed E-state index contributed by atoms with van der Waals surface area (Å²) in [5.74, 6) is 2.46. The van der Waals surface area contributed by atoms with Crippen molar-refractivity contribution >= 4 is 11.6 Å². The number of ether oxygens (including phenoxy) is 2. The normalized spacial score (nSPS) is 14.4. The molecule has 0 fully saturated rings. The molecule has 1 rings (SSSR count). The van der Waals surface area contributed by atoms with Crippen molar-refractivity contribution in [3.63, 3.8) is 0 Å². The van der Waals surface area contributed by atoms with E-state index in [1.807, 2.05) is 12.1 Å². The van der Waals surface area contributed by atoms with Gasteiger partial charge in [-0.15, -0.1) is 11.6 Å². The average Bonchev–Trinajstić information content (AvgIpc) is 2.37. The van der Waals surface area contributed by atoms with E-state index in [2.05, 4.69) is 26.8 Å². The molecule has 0 aliphatic carbocycles. The summed E-state index contributed by atoms with van der Waals surface area (Å²) in [7, 11) is 3.30. The molecule has 1 aromatic rings. The van der Waals surface area contributed by atoms with E-state index >= 15 is 0 Å². The molecule has 102 valence electrons. The monoisotopic (exact) mass is 270 g/mol. The van der Waals surface area contributed by atoms with Crippen LogP contribution in [0, 0.1) is 11.8 Å². The Kier molecular flexibility index (Phi) is 5.80. The van der Waals surface area contributed by atoms with Crippen LogP contribution in [-0.2, 0) is 6.42 Å². The largest absolute Gasteiger partial charge is 0.493 e. The second kappa shape index (κ2) is 6.89. The van der Waals surface area contributed by atoms with Crippen LogP contribution in [-0.4, -0.2) is 19.6 Å². The van der Waals surface area contributed by atoms with Gasteiger partial charge in [0.15, 0.2) is 11.5 Å². The van der Waals surface area contributed by atoms with E-state index in [-0.39, 0.29) is 5.38 Å². The summed E-state index contributed by atoms with van der Waals surface area (Å²) in [5.41, 5.74) is 1.23. The van der Waals surface area contributed by atoms with Crippen molar-refractivity contribution < 1.29 is 9.47 Å². The lowest BCUT2D eigenvalue weighted by molar-refractivity contribution is 0.354. The third kappa shape index (κ3) is 3.81. The lowest BCUT2D eigenvalue weighted by Crippen LogP contribution is -2.19. The minimum atomic E-state index is 0.193. The van der Waals surface area contributed by atoms with Crippen molar-refractivity contribution in [2.75, 3.05) is 14.2 Å². The third-order valence-electron chi connectivity index (χ3n) is 3.19. The molecule has 0 heterocycles. The molecule has 1 aromatic carbocycles. The second-order valence-corrected chi connectivity index (χ2v) is 5.56. The van der Waals surface area contributed by atoms with E-state index < -0.39 is 0 Å². The Labute approximate surface area is 115 Å². The zero-order valence-electron chi connectivity index (χ0n) is 11.9. The van der Waals surface area contributed by atoms with Gasteiger partial charge in [0.1, 0.15) is 0 Å². The summed E-state index contributed by atoms with van der Waals surface area (Å²) in [4.78, 5) is 0. The number of hydrogen-bond acceptors (Lipinski definition) is 2. The van der Waals surface area contributed by atoms with Crippen LogP contribution in [0.25, 0.3) is 0 Å². The minimum absolute atomic E-state index is 0.193. The van der Waals surface area contributed by atoms with E-state index in [9.17, 15) is 0 Å². The van der Waals surface area contributed by atoms with Gasteiger partial charge in [0, 0.05) is 5.38 Å². The van der Waals surface area contributed by atoms with Gasteiger partial charge in [0.2, 0.25) is 0 Å². The maximum absolute atomic E-state index is 6.39. The van der Waals surface area contributed by atoms with Crippen LogP contribution in [0.5, 0.6) is 11.5 Å². The molecule has 2 nitrogen and oxygen atoms in total. The maximum atomic E-state index is 6.39. The quantitative estimate of drug-likeness (QED) is 0.723. The highest BCUT2D eigenvalue weighted by Gasteiger charge is 2.18. The van der Waals surface area contributed by atoms with Crippen molar-refractivity contribution in [1.82, 2.24) is 0 Å². The average molecular weight is 271 g/mol. The Balaban J connectivity index is 2.79. The van der Waals surface area contributed by atoms with Crippen molar-refractivity contribution in [2.24, 2.45) is 11.8 Å². The van der Waals surface area contributed by atoms with Gasteiger partial charge in [-0.25, -0.2) is 0 Å². The number of benzene rings is 1. The van der Waals surface area contributed by atoms with Gasteiger partial charge >= 0.3 is 0 Å². The van der Waals surface area contributed by atoms with Gasteiger partial charge in [-0.3, -0.25) is 0 Å². The highest BCUT2D eigenvalue weighted by molar-refractivity contribution is 6.20. The summed E-state index contributed by atoms with van der Waals surface area (Å²) in [6, 6.07) is 6.04. The first-order valence-electron chi connectivity index (χ1n) is 6.34. The number of methoxy groups -OCH3 is 2. The topological polar surface area (TPSA) is 18.5 Å². The van der Waals surface area contributed by atoms with Crippen LogP contribution in [0.3, 0.4) is 0 Å². The van der Waals surface area contributed by atoms with Crippen molar-refractivity contribution in [1.29, 1.82) is 0 Å². The SMILES string of the molecule is COc1ccc(CC(C)C(Cl)C(C)C)cc1OC. The molecule has 0 radical (unpaired) electrons.